The van der Waals surface area contributed by atoms with E-state index in [9.17, 15) is 0 Å². The zero-order valence-electron chi connectivity index (χ0n) is 19.3. The van der Waals surface area contributed by atoms with Crippen molar-refractivity contribution in [2.24, 2.45) is 5.11 Å². The third-order valence-electron chi connectivity index (χ3n) is 5.67. The molecule has 0 bridgehead atoms. The maximum absolute atomic E-state index is 7.42. The second-order valence-corrected chi connectivity index (χ2v) is 7.87. The topological polar surface area (TPSA) is 64.4 Å². The highest BCUT2D eigenvalue weighted by atomic mass is 15.2. The fraction of sp³-hybridized carbons (Fsp3) is 0.222. The van der Waals surface area contributed by atoms with Gasteiger partial charge in [-0.25, -0.2) is 5.53 Å². The quantitative estimate of drug-likeness (QED) is 0.381. The van der Waals surface area contributed by atoms with Crippen LogP contribution in [0.1, 0.15) is 40.9 Å². The molecule has 0 saturated heterocycles. The molecule has 0 amide bonds. The average molecular weight is 426 g/mol. The van der Waals surface area contributed by atoms with E-state index in [1.54, 1.807) is 0 Å². The minimum absolute atomic E-state index is 0.0191. The average Bonchev–Trinajstić information content (AvgIpc) is 2.82. The van der Waals surface area contributed by atoms with Crippen LogP contribution in [0, 0.1) is 19.4 Å². The number of anilines is 1. The largest absolute Gasteiger partial charge is 0.386 e. The van der Waals surface area contributed by atoms with Crippen molar-refractivity contribution in [2.75, 3.05) is 11.9 Å². The van der Waals surface area contributed by atoms with Crippen molar-refractivity contribution in [3.8, 4) is 0 Å². The van der Waals surface area contributed by atoms with Crippen LogP contribution in [0.2, 0.25) is 0 Å². The highest BCUT2D eigenvalue weighted by Gasteiger charge is 2.23. The zero-order chi connectivity index (χ0) is 23.1. The van der Waals surface area contributed by atoms with Gasteiger partial charge in [0.05, 0.1) is 23.1 Å². The maximum atomic E-state index is 7.42. The summed E-state index contributed by atoms with van der Waals surface area (Å²) in [5.74, 6) is 0. The lowest BCUT2D eigenvalue weighted by molar-refractivity contribution is 0.665. The fourth-order valence-electron chi connectivity index (χ4n) is 3.89. The summed E-state index contributed by atoms with van der Waals surface area (Å²) >= 11 is 0. The monoisotopic (exact) mass is 425 g/mol. The third kappa shape index (κ3) is 5.11. The lowest BCUT2D eigenvalue weighted by Gasteiger charge is -2.32. The summed E-state index contributed by atoms with van der Waals surface area (Å²) in [6, 6.07) is 20.9. The number of nitrogens with one attached hydrogen (secondary N) is 2. The Morgan fingerprint density at radius 1 is 1.16 bits per heavy atom. The van der Waals surface area contributed by atoms with Crippen LogP contribution in [-0.4, -0.2) is 12.0 Å². The molecule has 1 heterocycles. The second kappa shape index (κ2) is 10.5. The minimum Gasteiger partial charge on any atom is -0.386 e. The number of aromatic nitrogens is 1. The van der Waals surface area contributed by atoms with Gasteiger partial charge in [-0.05, 0) is 62.7 Å². The van der Waals surface area contributed by atoms with Gasteiger partial charge in [0.1, 0.15) is 0 Å². The van der Waals surface area contributed by atoms with Gasteiger partial charge in [0, 0.05) is 24.5 Å². The van der Waals surface area contributed by atoms with E-state index in [-0.39, 0.29) is 6.04 Å². The molecule has 0 fully saturated rings. The molecule has 5 heteroatoms. The van der Waals surface area contributed by atoms with Gasteiger partial charge in [0.2, 0.25) is 0 Å². The summed E-state index contributed by atoms with van der Waals surface area (Å²) in [6.07, 6.45) is 4.51. The van der Waals surface area contributed by atoms with E-state index in [1.165, 1.54) is 11.1 Å². The summed E-state index contributed by atoms with van der Waals surface area (Å²) in [5, 5.41) is 6.81. The first-order valence-electron chi connectivity index (χ1n) is 10.7. The summed E-state index contributed by atoms with van der Waals surface area (Å²) in [7, 11) is 1.85. The number of hydrogen-bond acceptors (Lipinski definition) is 5. The van der Waals surface area contributed by atoms with Crippen LogP contribution < -0.4 is 10.2 Å². The number of pyridine rings is 1. The van der Waals surface area contributed by atoms with Crippen molar-refractivity contribution in [1.29, 1.82) is 5.53 Å². The van der Waals surface area contributed by atoms with Crippen LogP contribution in [0.4, 0.5) is 5.69 Å². The molecule has 32 heavy (non-hydrogen) atoms. The van der Waals surface area contributed by atoms with Gasteiger partial charge in [-0.3, -0.25) is 4.98 Å². The van der Waals surface area contributed by atoms with E-state index >= 15 is 0 Å². The number of aryl methyl sites for hydroxylation is 2. The van der Waals surface area contributed by atoms with Gasteiger partial charge < -0.3 is 10.2 Å². The molecule has 3 aromatic rings. The molecule has 0 spiro atoms. The minimum atomic E-state index is -0.0191. The van der Waals surface area contributed by atoms with Crippen LogP contribution in [0.15, 0.2) is 90.5 Å². The normalized spacial score (nSPS) is 12.5. The molecule has 164 valence electrons. The van der Waals surface area contributed by atoms with Crippen LogP contribution in [0.25, 0.3) is 5.70 Å². The molecule has 2 aromatic carbocycles. The van der Waals surface area contributed by atoms with E-state index in [1.807, 2.05) is 38.5 Å². The standard InChI is InChI=1S/C27H31N5/c1-6-32(25-18-23(15-12-20(25)3)27(29-5)21(4)31-28)26(24-9-7-8-16-30-24)17-22-13-10-19(2)11-14-22/h6-16,18,26,28-29H,1,17H2,2-5H3/b27-21-,31-28?. The van der Waals surface area contributed by atoms with Crippen molar-refractivity contribution in [2.45, 2.75) is 33.2 Å². The molecular weight excluding hydrogens is 394 g/mol. The van der Waals surface area contributed by atoms with E-state index in [2.05, 4.69) is 89.3 Å². The van der Waals surface area contributed by atoms with Gasteiger partial charge in [0.25, 0.3) is 0 Å². The summed E-state index contributed by atoms with van der Waals surface area (Å²) in [4.78, 5) is 6.88. The summed E-state index contributed by atoms with van der Waals surface area (Å²) < 4.78 is 0. The van der Waals surface area contributed by atoms with Crippen molar-refractivity contribution in [3.05, 3.63) is 113 Å². The Hall–Kier alpha value is -3.73. The molecule has 1 unspecified atom stereocenters. The predicted octanol–water partition coefficient (Wildman–Crippen LogP) is 6.57. The molecule has 0 aliphatic heterocycles. The van der Waals surface area contributed by atoms with E-state index in [4.69, 9.17) is 5.53 Å². The lowest BCUT2D eigenvalue weighted by Crippen LogP contribution is -2.26. The summed E-state index contributed by atoms with van der Waals surface area (Å²) in [6.45, 7) is 10.2. The van der Waals surface area contributed by atoms with Gasteiger partial charge in [-0.15, -0.1) is 0 Å². The van der Waals surface area contributed by atoms with E-state index in [0.29, 0.717) is 5.70 Å². The molecule has 1 atom stereocenters. The fourth-order valence-corrected chi connectivity index (χ4v) is 3.89. The Morgan fingerprint density at radius 3 is 2.50 bits per heavy atom. The molecule has 2 N–H and O–H groups in total. The number of nitrogens with zero attached hydrogens (tertiary/aromatic N) is 3. The molecule has 5 nitrogen and oxygen atoms in total. The van der Waals surface area contributed by atoms with Crippen LogP contribution in [-0.2, 0) is 6.42 Å². The zero-order valence-corrected chi connectivity index (χ0v) is 19.3. The van der Waals surface area contributed by atoms with Crippen molar-refractivity contribution >= 4 is 11.4 Å². The molecule has 1 aromatic heterocycles. The Kier molecular flexibility index (Phi) is 7.55. The van der Waals surface area contributed by atoms with Gasteiger partial charge >= 0.3 is 0 Å². The van der Waals surface area contributed by atoms with Crippen molar-refractivity contribution < 1.29 is 0 Å². The van der Waals surface area contributed by atoms with Crippen LogP contribution in [0.3, 0.4) is 0 Å². The highest BCUT2D eigenvalue weighted by Crippen LogP contribution is 2.34. The van der Waals surface area contributed by atoms with Crippen LogP contribution in [0.5, 0.6) is 0 Å². The molecule has 0 saturated carbocycles. The first-order chi connectivity index (χ1) is 15.5. The Morgan fingerprint density at radius 2 is 1.91 bits per heavy atom. The van der Waals surface area contributed by atoms with Crippen molar-refractivity contribution in [1.82, 2.24) is 10.3 Å². The Balaban J connectivity index is 2.11. The first kappa shape index (κ1) is 22.9. The molecule has 0 aliphatic carbocycles. The number of rotatable bonds is 9. The number of benzene rings is 2. The van der Waals surface area contributed by atoms with E-state index < -0.39 is 0 Å². The van der Waals surface area contributed by atoms with Gasteiger partial charge in [-0.1, -0.05) is 54.6 Å². The lowest BCUT2D eigenvalue weighted by atomic mass is 9.98. The number of hydrogen-bond donors (Lipinski definition) is 2. The van der Waals surface area contributed by atoms with Crippen molar-refractivity contribution in [3.63, 3.8) is 0 Å². The Labute approximate surface area is 191 Å². The third-order valence-corrected chi connectivity index (χ3v) is 5.67. The molecule has 0 aliphatic rings. The molecule has 0 radical (unpaired) electrons. The van der Waals surface area contributed by atoms with Gasteiger partial charge in [-0.2, -0.15) is 5.11 Å². The second-order valence-electron chi connectivity index (χ2n) is 7.87. The Bertz CT molecular complexity index is 1100. The van der Waals surface area contributed by atoms with Crippen LogP contribution >= 0.6 is 0 Å². The maximum Gasteiger partial charge on any atom is 0.0829 e. The highest BCUT2D eigenvalue weighted by molar-refractivity contribution is 5.72. The predicted molar refractivity (Wildman–Crippen MR) is 133 cm³/mol. The van der Waals surface area contributed by atoms with Gasteiger partial charge in [0.15, 0.2) is 0 Å². The number of allylic oxidation sites excluding steroid dienone is 1. The SMILES string of the molecule is C=CN(c1cc(/C(NC)=C(\C)N=N)ccc1C)C(Cc1ccc(C)cc1)c1ccccn1. The molecular formula is C27H31N5. The van der Waals surface area contributed by atoms with E-state index in [0.717, 1.165) is 34.6 Å². The first-order valence-corrected chi connectivity index (χ1v) is 10.7. The smallest absolute Gasteiger partial charge is 0.0829 e. The summed E-state index contributed by atoms with van der Waals surface area (Å²) in [5.41, 5.74) is 15.5. The molecule has 3 rings (SSSR count).